The van der Waals surface area contributed by atoms with Gasteiger partial charge < -0.3 is 15.1 Å². The van der Waals surface area contributed by atoms with E-state index in [2.05, 4.69) is 22.2 Å². The molecule has 0 atom stereocenters. The minimum atomic E-state index is -0.575. The molecule has 3 rings (SSSR count). The Bertz CT molecular complexity index is 815. The Morgan fingerprint density at radius 3 is 2.68 bits per heavy atom. The summed E-state index contributed by atoms with van der Waals surface area (Å²) in [5.41, 5.74) is 0.00558. The van der Waals surface area contributed by atoms with Gasteiger partial charge >= 0.3 is 10.4 Å². The van der Waals surface area contributed by atoms with E-state index in [0.717, 1.165) is 60.6 Å². The Balaban J connectivity index is 1.71. The molecule has 0 spiro atoms. The third kappa shape index (κ3) is 4.15. The highest BCUT2D eigenvalue weighted by Gasteiger charge is 2.22. The lowest BCUT2D eigenvalue weighted by Crippen LogP contribution is -2.44. The van der Waals surface area contributed by atoms with Crippen LogP contribution in [0.4, 0.5) is 11.4 Å². The molecule has 0 aliphatic carbocycles. The molecule has 25 heavy (non-hydrogen) atoms. The average Bonchev–Trinajstić information content (AvgIpc) is 2.59. The minimum absolute atomic E-state index is 0.344. The number of anilines is 1. The van der Waals surface area contributed by atoms with Crippen LogP contribution in [0, 0.1) is 10.1 Å². The van der Waals surface area contributed by atoms with Crippen molar-refractivity contribution in [2.24, 2.45) is 0 Å². The van der Waals surface area contributed by atoms with Gasteiger partial charge in [-0.25, -0.2) is 0 Å². The Kier molecular flexibility index (Phi) is 5.62. The smallest absolute Gasteiger partial charge is 0.350 e. The van der Waals surface area contributed by atoms with E-state index in [1.807, 2.05) is 24.3 Å². The van der Waals surface area contributed by atoms with E-state index < -0.39 is 9.67 Å². The number of nitrogens with zero attached hydrogens (tertiary/aromatic N) is 3. The van der Waals surface area contributed by atoms with Crippen molar-refractivity contribution in [3.8, 4) is 0 Å². The number of nitro groups is 1. The number of nitrogens with one attached hydrogen (secondary N) is 1. The lowest BCUT2D eigenvalue weighted by atomic mass is 10.2. The van der Waals surface area contributed by atoms with Crippen molar-refractivity contribution in [3.63, 3.8) is 0 Å². The molecule has 0 unspecified atom stereocenters. The highest BCUT2D eigenvalue weighted by atomic mass is 32.1. The number of hydrogen-bond acceptors (Lipinski definition) is 7. The third-order valence-corrected chi connectivity index (χ3v) is 5.48. The topological polar surface area (TPSA) is 78.7 Å². The Hall–Kier alpha value is -2.03. The average molecular weight is 362 g/mol. The van der Waals surface area contributed by atoms with Crippen LogP contribution in [0.1, 0.15) is 6.42 Å². The van der Waals surface area contributed by atoms with Gasteiger partial charge in [0.1, 0.15) is 5.69 Å². The number of likely N-dealkylation sites (N-methyl/N-ethyl adjacent to an activating group) is 1. The van der Waals surface area contributed by atoms with E-state index in [1.54, 1.807) is 0 Å². The molecule has 2 aromatic rings. The fourth-order valence-electron chi connectivity index (χ4n) is 3.07. The summed E-state index contributed by atoms with van der Waals surface area (Å²) in [6, 6.07) is 7.31. The van der Waals surface area contributed by atoms with Gasteiger partial charge in [0.2, 0.25) is 0 Å². The third-order valence-electron chi connectivity index (χ3n) is 4.52. The van der Waals surface area contributed by atoms with Crippen LogP contribution in [-0.2, 0) is 0 Å². The molecular weight excluding hydrogens is 340 g/mol. The monoisotopic (exact) mass is 362 g/mol. The van der Waals surface area contributed by atoms with Gasteiger partial charge in [0.15, 0.2) is 0 Å². The van der Waals surface area contributed by atoms with Crippen LogP contribution < -0.4 is 10.1 Å². The second-order valence-corrected chi connectivity index (χ2v) is 7.31. The molecule has 0 radical (unpaired) electrons. The van der Waals surface area contributed by atoms with E-state index >= 15 is 0 Å². The Morgan fingerprint density at radius 1 is 1.24 bits per heavy atom. The maximum absolute atomic E-state index is 12.1. The number of piperazine rings is 1. The highest BCUT2D eigenvalue weighted by molar-refractivity contribution is 7.16. The van der Waals surface area contributed by atoms with E-state index in [1.165, 1.54) is 0 Å². The molecular formula is C17H22N4O3S. The first kappa shape index (κ1) is 17.8. The number of hydrogen-bond donors (Lipinski definition) is 1. The normalized spacial score (nSPS) is 16.2. The first-order valence-corrected chi connectivity index (χ1v) is 9.23. The van der Waals surface area contributed by atoms with Gasteiger partial charge in [-0.05, 0) is 26.1 Å². The van der Waals surface area contributed by atoms with Gasteiger partial charge in [0.25, 0.3) is 0 Å². The summed E-state index contributed by atoms with van der Waals surface area (Å²) in [4.78, 5) is 27.6. The molecule has 1 aliphatic rings. The summed E-state index contributed by atoms with van der Waals surface area (Å²) < 4.78 is 0.255. The number of benzene rings is 1. The van der Waals surface area contributed by atoms with Crippen LogP contribution in [0.5, 0.6) is 0 Å². The van der Waals surface area contributed by atoms with Crippen molar-refractivity contribution >= 4 is 32.8 Å². The maximum atomic E-state index is 12.1. The predicted octanol–water partition coefficient (Wildman–Crippen LogP) is 2.22. The summed E-state index contributed by atoms with van der Waals surface area (Å²) >= 11 is 0.923. The molecule has 0 bridgehead atoms. The fourth-order valence-corrected chi connectivity index (χ4v) is 3.97. The zero-order valence-corrected chi connectivity index (χ0v) is 15.1. The van der Waals surface area contributed by atoms with Gasteiger partial charge in [0.05, 0.1) is 4.92 Å². The summed E-state index contributed by atoms with van der Waals surface area (Å²) in [6.07, 6.45) is 0.877. The van der Waals surface area contributed by atoms with Gasteiger partial charge in [-0.15, -0.1) is 0 Å². The van der Waals surface area contributed by atoms with Crippen LogP contribution in [0.15, 0.2) is 29.1 Å². The summed E-state index contributed by atoms with van der Waals surface area (Å²) in [7, 11) is 2.13. The van der Waals surface area contributed by atoms with Crippen molar-refractivity contribution in [1.82, 2.24) is 9.80 Å². The molecule has 0 saturated carbocycles. The second kappa shape index (κ2) is 7.90. The second-order valence-electron chi connectivity index (χ2n) is 6.29. The lowest BCUT2D eigenvalue weighted by Gasteiger charge is -2.32. The molecule has 134 valence electrons. The summed E-state index contributed by atoms with van der Waals surface area (Å²) in [6.45, 7) is 5.80. The molecule has 7 nitrogen and oxygen atoms in total. The Labute approximate surface area is 150 Å². The van der Waals surface area contributed by atoms with Crippen molar-refractivity contribution < 1.29 is 4.92 Å². The Morgan fingerprint density at radius 2 is 1.96 bits per heavy atom. The quantitative estimate of drug-likeness (QED) is 0.482. The number of fused-ring (bicyclic) bond motifs is 1. The van der Waals surface area contributed by atoms with Gasteiger partial charge in [-0.2, -0.15) is 0 Å². The summed E-state index contributed by atoms with van der Waals surface area (Å²) in [5, 5.41) is 15.2. The van der Waals surface area contributed by atoms with Crippen molar-refractivity contribution in [3.05, 3.63) is 43.9 Å². The molecule has 1 aliphatic heterocycles. The van der Waals surface area contributed by atoms with E-state index in [9.17, 15) is 14.9 Å². The minimum Gasteiger partial charge on any atom is -0.379 e. The molecule has 1 saturated heterocycles. The van der Waals surface area contributed by atoms with Gasteiger partial charge in [-0.1, -0.05) is 29.5 Å². The zero-order valence-electron chi connectivity index (χ0n) is 14.2. The lowest BCUT2D eigenvalue weighted by molar-refractivity contribution is -0.384. The molecule has 1 N–H and O–H groups in total. The summed E-state index contributed by atoms with van der Waals surface area (Å²) in [5.74, 6) is 0. The van der Waals surface area contributed by atoms with E-state index in [0.29, 0.717) is 12.2 Å². The van der Waals surface area contributed by atoms with Crippen LogP contribution in [0.2, 0.25) is 0 Å². The largest absolute Gasteiger partial charge is 0.379 e. The van der Waals surface area contributed by atoms with E-state index in [4.69, 9.17) is 0 Å². The van der Waals surface area contributed by atoms with Crippen molar-refractivity contribution in [2.45, 2.75) is 6.42 Å². The van der Waals surface area contributed by atoms with Crippen LogP contribution in [0.3, 0.4) is 0 Å². The first-order chi connectivity index (χ1) is 12.1. The number of rotatable bonds is 6. The molecule has 1 aromatic heterocycles. The fraction of sp³-hybridized carbons (Fsp3) is 0.471. The molecule has 1 aromatic carbocycles. The zero-order chi connectivity index (χ0) is 17.8. The molecule has 0 amide bonds. The standard InChI is InChI=1S/C17H22N4O3S/c1-19-9-11-20(12-10-19)8-4-7-18-15-13-5-2-3-6-14(13)25-17(22)16(15)21(23)24/h2-3,5-6,18H,4,7-12H2,1H3. The maximum Gasteiger partial charge on any atom is 0.350 e. The molecule has 1 fully saturated rings. The predicted molar refractivity (Wildman–Crippen MR) is 102 cm³/mol. The van der Waals surface area contributed by atoms with Gasteiger partial charge in [-0.3, -0.25) is 14.9 Å². The van der Waals surface area contributed by atoms with Crippen LogP contribution in [0.25, 0.3) is 10.1 Å². The highest BCUT2D eigenvalue weighted by Crippen LogP contribution is 2.32. The van der Waals surface area contributed by atoms with Crippen molar-refractivity contribution in [1.29, 1.82) is 0 Å². The molecule has 8 heteroatoms. The molecule has 2 heterocycles. The van der Waals surface area contributed by atoms with Crippen molar-refractivity contribution in [2.75, 3.05) is 51.6 Å². The van der Waals surface area contributed by atoms with Gasteiger partial charge in [0, 0.05) is 42.8 Å². The first-order valence-electron chi connectivity index (χ1n) is 8.41. The SMILES string of the molecule is CN1CCN(CCCNc2c([N+](=O)[O-])c(=O)sc3ccccc23)CC1. The van der Waals surface area contributed by atoms with Crippen LogP contribution in [-0.4, -0.2) is 61.0 Å². The van der Waals surface area contributed by atoms with E-state index in [-0.39, 0.29) is 5.69 Å². The van der Waals surface area contributed by atoms with Crippen LogP contribution >= 0.6 is 11.3 Å².